The number of ether oxygens (including phenoxy) is 1. The average molecular weight is 609 g/mol. The molecule has 1 fully saturated rings. The second-order valence-electron chi connectivity index (χ2n) is 10.2. The third-order valence-electron chi connectivity index (χ3n) is 7.14. The standard InChI is InChI=1S/C30H33F5N4O2S/c1-18(2)39-12-9-19(10-13-39)38-24-7-4-6-20-22(16-30(33,34)35)27(42-28(20)24)8-5-11-37-25-15-23(32)21(29(40)36-3)14-26(25)41-17-31/h4,6-7,14-15,18-19,37-38H,9-13,16-17H2,1-3H3,(H,36,40). The van der Waals surface area contributed by atoms with Gasteiger partial charge in [-0.2, -0.15) is 13.2 Å². The highest BCUT2D eigenvalue weighted by Crippen LogP contribution is 2.39. The molecule has 226 valence electrons. The summed E-state index contributed by atoms with van der Waals surface area (Å²) in [7, 11) is 1.33. The van der Waals surface area contributed by atoms with Crippen molar-refractivity contribution in [1.82, 2.24) is 10.2 Å². The van der Waals surface area contributed by atoms with Gasteiger partial charge in [-0.25, -0.2) is 8.78 Å². The molecule has 4 rings (SSSR count). The Labute approximate surface area is 245 Å². The van der Waals surface area contributed by atoms with Crippen molar-refractivity contribution in [3.63, 3.8) is 0 Å². The van der Waals surface area contributed by atoms with Crippen LogP contribution in [-0.2, 0) is 6.42 Å². The molecule has 42 heavy (non-hydrogen) atoms. The molecule has 0 bridgehead atoms. The summed E-state index contributed by atoms with van der Waals surface area (Å²) in [5.74, 6) is 3.97. The van der Waals surface area contributed by atoms with Crippen molar-refractivity contribution in [1.29, 1.82) is 0 Å². The lowest BCUT2D eigenvalue weighted by atomic mass is 10.0. The summed E-state index contributed by atoms with van der Waals surface area (Å²) in [6, 6.07) is 8.05. The van der Waals surface area contributed by atoms with Crippen molar-refractivity contribution in [2.45, 2.75) is 51.4 Å². The van der Waals surface area contributed by atoms with Crippen molar-refractivity contribution < 1.29 is 31.5 Å². The Bertz CT molecular complexity index is 1470. The SMILES string of the molecule is CNC(=O)c1cc(OCF)c(NCC#Cc2sc3c(NC4CCN(C(C)C)CC4)cccc3c2CC(F)(F)F)cc1F. The number of nitrogens with one attached hydrogen (secondary N) is 3. The van der Waals surface area contributed by atoms with Gasteiger partial charge in [-0.3, -0.25) is 4.79 Å². The topological polar surface area (TPSA) is 65.6 Å². The highest BCUT2D eigenvalue weighted by molar-refractivity contribution is 7.20. The number of fused-ring (bicyclic) bond motifs is 1. The smallest absolute Gasteiger partial charge is 0.393 e. The van der Waals surface area contributed by atoms with Gasteiger partial charge in [-0.05, 0) is 49.8 Å². The average Bonchev–Trinajstić information content (AvgIpc) is 3.28. The molecule has 3 N–H and O–H groups in total. The number of piperidine rings is 1. The number of thiophene rings is 1. The Balaban J connectivity index is 1.58. The van der Waals surface area contributed by atoms with Crippen LogP contribution >= 0.6 is 11.3 Å². The zero-order valence-electron chi connectivity index (χ0n) is 23.6. The molecule has 1 aliphatic heterocycles. The zero-order chi connectivity index (χ0) is 30.4. The van der Waals surface area contributed by atoms with Gasteiger partial charge in [0.1, 0.15) is 11.6 Å². The number of hydrogen-bond donors (Lipinski definition) is 3. The van der Waals surface area contributed by atoms with Crippen LogP contribution in [0.3, 0.4) is 0 Å². The van der Waals surface area contributed by atoms with E-state index >= 15 is 0 Å². The molecule has 1 amide bonds. The first-order valence-corrected chi connectivity index (χ1v) is 14.4. The number of rotatable bonds is 9. The van der Waals surface area contributed by atoms with E-state index in [1.54, 1.807) is 12.1 Å². The zero-order valence-corrected chi connectivity index (χ0v) is 24.4. The van der Waals surface area contributed by atoms with Crippen LogP contribution in [0.2, 0.25) is 0 Å². The van der Waals surface area contributed by atoms with Crippen LogP contribution in [0.5, 0.6) is 5.75 Å². The minimum absolute atomic E-state index is 0.0500. The second-order valence-corrected chi connectivity index (χ2v) is 11.3. The van der Waals surface area contributed by atoms with E-state index in [1.807, 2.05) is 6.07 Å². The van der Waals surface area contributed by atoms with Crippen LogP contribution in [0.4, 0.5) is 33.3 Å². The molecule has 0 unspecified atom stereocenters. The molecular formula is C30H33F5N4O2S. The van der Waals surface area contributed by atoms with Gasteiger partial charge in [-0.1, -0.05) is 24.0 Å². The third-order valence-corrected chi connectivity index (χ3v) is 8.33. The van der Waals surface area contributed by atoms with Gasteiger partial charge in [0.2, 0.25) is 6.86 Å². The van der Waals surface area contributed by atoms with Crippen LogP contribution in [-0.4, -0.2) is 62.6 Å². The maximum Gasteiger partial charge on any atom is 0.393 e. The van der Waals surface area contributed by atoms with Crippen LogP contribution < -0.4 is 20.7 Å². The summed E-state index contributed by atoms with van der Waals surface area (Å²) in [6.07, 6.45) is -3.68. The molecule has 6 nitrogen and oxygen atoms in total. The van der Waals surface area contributed by atoms with E-state index in [0.29, 0.717) is 16.1 Å². The fourth-order valence-electron chi connectivity index (χ4n) is 4.98. The summed E-state index contributed by atoms with van der Waals surface area (Å²) in [5.41, 5.74) is 0.619. The van der Waals surface area contributed by atoms with E-state index in [-0.39, 0.29) is 40.0 Å². The number of benzene rings is 2. The molecule has 1 aliphatic rings. The maximum absolute atomic E-state index is 14.5. The molecule has 3 aromatic rings. The summed E-state index contributed by atoms with van der Waals surface area (Å²) in [5, 5.41) is 9.14. The van der Waals surface area contributed by atoms with Gasteiger partial charge >= 0.3 is 6.18 Å². The first-order valence-electron chi connectivity index (χ1n) is 13.6. The first kappa shape index (κ1) is 31.4. The van der Waals surface area contributed by atoms with Crippen LogP contribution in [0.25, 0.3) is 10.1 Å². The van der Waals surface area contributed by atoms with Gasteiger partial charge in [0, 0.05) is 38.3 Å². The number of alkyl halides is 4. The van der Waals surface area contributed by atoms with Crippen LogP contribution in [0.15, 0.2) is 30.3 Å². The molecule has 0 saturated carbocycles. The molecule has 2 heterocycles. The third kappa shape index (κ3) is 7.63. The Morgan fingerprint density at radius 3 is 2.57 bits per heavy atom. The number of halogens is 5. The predicted octanol–water partition coefficient (Wildman–Crippen LogP) is 6.56. The van der Waals surface area contributed by atoms with E-state index in [4.69, 9.17) is 4.74 Å². The van der Waals surface area contributed by atoms with Crippen molar-refractivity contribution in [3.05, 3.63) is 52.2 Å². The molecule has 0 spiro atoms. The van der Waals surface area contributed by atoms with E-state index in [0.717, 1.165) is 43.8 Å². The Morgan fingerprint density at radius 1 is 1.19 bits per heavy atom. The lowest BCUT2D eigenvalue weighted by Gasteiger charge is -2.35. The molecule has 1 aromatic heterocycles. The number of nitrogens with zero attached hydrogens (tertiary/aromatic N) is 1. The highest BCUT2D eigenvalue weighted by atomic mass is 32.1. The van der Waals surface area contributed by atoms with E-state index < -0.39 is 31.2 Å². The number of amides is 1. The number of anilines is 2. The Morgan fingerprint density at radius 2 is 1.93 bits per heavy atom. The van der Waals surface area contributed by atoms with Crippen molar-refractivity contribution in [2.24, 2.45) is 0 Å². The van der Waals surface area contributed by atoms with Crippen molar-refractivity contribution in [3.8, 4) is 17.6 Å². The quantitative estimate of drug-likeness (QED) is 0.190. The molecule has 0 atom stereocenters. The fourth-order valence-corrected chi connectivity index (χ4v) is 6.15. The predicted molar refractivity (Wildman–Crippen MR) is 157 cm³/mol. The summed E-state index contributed by atoms with van der Waals surface area (Å²) in [6.45, 7) is 4.93. The lowest BCUT2D eigenvalue weighted by molar-refractivity contribution is -0.126. The molecule has 12 heteroatoms. The van der Waals surface area contributed by atoms with Crippen LogP contribution in [0.1, 0.15) is 47.5 Å². The van der Waals surface area contributed by atoms with Gasteiger partial charge in [0.25, 0.3) is 5.91 Å². The first-order chi connectivity index (χ1) is 20.0. The number of likely N-dealkylation sites (tertiary alicyclic amines) is 1. The molecule has 1 saturated heterocycles. The highest BCUT2D eigenvalue weighted by Gasteiger charge is 2.31. The second kappa shape index (κ2) is 13.6. The van der Waals surface area contributed by atoms with Crippen molar-refractivity contribution >= 4 is 38.7 Å². The Kier molecular flexibility index (Phi) is 10.2. The lowest BCUT2D eigenvalue weighted by Crippen LogP contribution is -2.42. The van der Waals surface area contributed by atoms with Gasteiger partial charge in [0.05, 0.1) is 39.5 Å². The molecule has 0 radical (unpaired) electrons. The van der Waals surface area contributed by atoms with Crippen LogP contribution in [0, 0.1) is 17.7 Å². The largest absolute Gasteiger partial charge is 0.461 e. The maximum atomic E-state index is 14.5. The normalized spacial score (nSPS) is 14.5. The Hall–Kier alpha value is -3.56. The van der Waals surface area contributed by atoms with E-state index in [2.05, 4.69) is 46.5 Å². The molecule has 2 aromatic carbocycles. The summed E-state index contributed by atoms with van der Waals surface area (Å²) in [4.78, 5) is 14.6. The van der Waals surface area contributed by atoms with E-state index in [9.17, 15) is 26.7 Å². The van der Waals surface area contributed by atoms with E-state index in [1.165, 1.54) is 18.4 Å². The van der Waals surface area contributed by atoms with Gasteiger partial charge in [0.15, 0.2) is 0 Å². The molecular weight excluding hydrogens is 575 g/mol. The minimum Gasteiger partial charge on any atom is -0.461 e. The number of hydrogen-bond acceptors (Lipinski definition) is 6. The van der Waals surface area contributed by atoms with Gasteiger partial charge < -0.3 is 25.6 Å². The molecule has 0 aliphatic carbocycles. The summed E-state index contributed by atoms with van der Waals surface area (Å²) < 4.78 is 73.8. The number of carbonyl (C=O) groups excluding carboxylic acids is 1. The fraction of sp³-hybridized carbons (Fsp3) is 0.433. The number of carbonyl (C=O) groups is 1. The summed E-state index contributed by atoms with van der Waals surface area (Å²) >= 11 is 1.20. The minimum atomic E-state index is -4.43. The monoisotopic (exact) mass is 608 g/mol. The van der Waals surface area contributed by atoms with Crippen molar-refractivity contribution in [2.75, 3.05) is 44.2 Å². The van der Waals surface area contributed by atoms with Gasteiger partial charge in [-0.15, -0.1) is 11.3 Å².